The number of carbonyl (C=O) groups is 2. The number of hydrogen-bond acceptors (Lipinski definition) is 4. The Balaban J connectivity index is 1.50. The van der Waals surface area contributed by atoms with Crippen LogP contribution in [-0.2, 0) is 4.79 Å². The van der Waals surface area contributed by atoms with E-state index in [1.54, 1.807) is 18.3 Å². The number of aromatic carboxylic acids is 1. The molecule has 8 nitrogen and oxygen atoms in total. The monoisotopic (exact) mass is 553 g/mol. The van der Waals surface area contributed by atoms with Crippen LogP contribution >= 0.6 is 12.2 Å². The van der Waals surface area contributed by atoms with Gasteiger partial charge in [-0.15, -0.1) is 0 Å². The maximum atomic E-state index is 12.9. The molecule has 3 heterocycles. The number of nitrogens with zero attached hydrogens (tertiary/aromatic N) is 3. The van der Waals surface area contributed by atoms with Crippen LogP contribution in [0.5, 0.6) is 0 Å². The number of carbonyl (C=O) groups excluding carboxylic acids is 1. The summed E-state index contributed by atoms with van der Waals surface area (Å²) in [6, 6.07) is 22.0. The summed E-state index contributed by atoms with van der Waals surface area (Å²) in [6.45, 7) is 6.35. The van der Waals surface area contributed by atoms with Gasteiger partial charge in [0.1, 0.15) is 0 Å². The van der Waals surface area contributed by atoms with Crippen LogP contribution in [0.2, 0.25) is 0 Å². The van der Waals surface area contributed by atoms with Crippen molar-refractivity contribution in [3.63, 3.8) is 0 Å². The first kappa shape index (κ1) is 27.1. The summed E-state index contributed by atoms with van der Waals surface area (Å²) >= 11 is 5.79. The lowest BCUT2D eigenvalue weighted by atomic mass is 9.96. The Morgan fingerprint density at radius 2 is 1.75 bits per heavy atom. The van der Waals surface area contributed by atoms with E-state index in [9.17, 15) is 14.7 Å². The second-order valence-corrected chi connectivity index (χ2v) is 10.4. The molecule has 1 aliphatic heterocycles. The second-order valence-electron chi connectivity index (χ2n) is 9.97. The molecule has 1 fully saturated rings. The zero-order valence-electron chi connectivity index (χ0n) is 22.6. The zero-order valence-corrected chi connectivity index (χ0v) is 23.4. The first-order chi connectivity index (χ1) is 19.2. The van der Waals surface area contributed by atoms with Gasteiger partial charge in [-0.25, -0.2) is 4.79 Å². The summed E-state index contributed by atoms with van der Waals surface area (Å²) in [4.78, 5) is 31.6. The van der Waals surface area contributed by atoms with Gasteiger partial charge in [-0.1, -0.05) is 35.9 Å². The van der Waals surface area contributed by atoms with Crippen LogP contribution in [0.15, 0.2) is 79.0 Å². The van der Waals surface area contributed by atoms with Crippen molar-refractivity contribution in [1.82, 2.24) is 19.8 Å². The molecule has 0 saturated carbocycles. The highest BCUT2D eigenvalue weighted by atomic mass is 32.1. The molecule has 0 unspecified atom stereocenters. The predicted molar refractivity (Wildman–Crippen MR) is 159 cm³/mol. The van der Waals surface area contributed by atoms with E-state index in [0.29, 0.717) is 17.3 Å². The highest BCUT2D eigenvalue weighted by molar-refractivity contribution is 7.80. The van der Waals surface area contributed by atoms with E-state index in [2.05, 4.69) is 21.7 Å². The Morgan fingerprint density at radius 3 is 2.45 bits per heavy atom. The molecule has 2 aromatic heterocycles. The van der Waals surface area contributed by atoms with Gasteiger partial charge in [0.15, 0.2) is 5.11 Å². The number of carboxylic acid groups (broad SMARTS) is 1. The quantitative estimate of drug-likeness (QED) is 0.248. The van der Waals surface area contributed by atoms with Gasteiger partial charge in [0.2, 0.25) is 5.91 Å². The number of rotatable bonds is 8. The predicted octanol–water partition coefficient (Wildman–Crippen LogP) is 5.50. The minimum atomic E-state index is -0.985. The lowest BCUT2D eigenvalue weighted by Crippen LogP contribution is -2.32. The largest absolute Gasteiger partial charge is 0.478 e. The van der Waals surface area contributed by atoms with E-state index >= 15 is 0 Å². The van der Waals surface area contributed by atoms with Gasteiger partial charge in [-0.3, -0.25) is 9.78 Å². The molecular weight excluding hydrogens is 522 g/mol. The van der Waals surface area contributed by atoms with Crippen LogP contribution in [-0.4, -0.2) is 43.1 Å². The van der Waals surface area contributed by atoms with Gasteiger partial charge in [0.05, 0.1) is 29.0 Å². The number of benzene rings is 2. The van der Waals surface area contributed by atoms with E-state index in [1.807, 2.05) is 84.8 Å². The van der Waals surface area contributed by atoms with Crippen molar-refractivity contribution in [3.8, 4) is 5.69 Å². The van der Waals surface area contributed by atoms with Crippen LogP contribution in [0.25, 0.3) is 5.69 Å². The number of nitrogens with one attached hydrogen (secondary N) is 2. The van der Waals surface area contributed by atoms with Crippen LogP contribution in [0.3, 0.4) is 0 Å². The fourth-order valence-electron chi connectivity index (χ4n) is 5.37. The summed E-state index contributed by atoms with van der Waals surface area (Å²) in [6.07, 6.45) is 1.99. The second kappa shape index (κ2) is 11.3. The molecule has 204 valence electrons. The van der Waals surface area contributed by atoms with Crippen molar-refractivity contribution >= 4 is 34.9 Å². The van der Waals surface area contributed by atoms with Crippen LogP contribution in [0, 0.1) is 20.8 Å². The molecule has 1 aliphatic rings. The Kier molecular flexibility index (Phi) is 7.66. The summed E-state index contributed by atoms with van der Waals surface area (Å²) in [5.74, 6) is -1.09. The number of carboxylic acids is 1. The third kappa shape index (κ3) is 5.33. The highest BCUT2D eigenvalue weighted by Crippen LogP contribution is 2.41. The van der Waals surface area contributed by atoms with Crippen molar-refractivity contribution in [2.45, 2.75) is 39.3 Å². The number of thiocarbonyl (C=S) groups is 1. The van der Waals surface area contributed by atoms with Crippen molar-refractivity contribution in [2.75, 3.05) is 11.9 Å². The van der Waals surface area contributed by atoms with Crippen LogP contribution in [0.4, 0.5) is 5.69 Å². The molecule has 1 saturated heterocycles. The molecule has 2 aromatic carbocycles. The Bertz CT molecular complexity index is 1570. The van der Waals surface area contributed by atoms with Crippen molar-refractivity contribution in [1.29, 1.82) is 0 Å². The number of para-hydroxylation sites is 1. The van der Waals surface area contributed by atoms with E-state index in [-0.39, 0.29) is 30.0 Å². The summed E-state index contributed by atoms with van der Waals surface area (Å²) < 4.78 is 1.97. The van der Waals surface area contributed by atoms with Crippen LogP contribution in [0.1, 0.15) is 57.1 Å². The molecule has 0 spiro atoms. The number of aromatic nitrogens is 2. The highest BCUT2D eigenvalue weighted by Gasteiger charge is 2.41. The summed E-state index contributed by atoms with van der Waals surface area (Å²) in [5.41, 5.74) is 6.31. The first-order valence-corrected chi connectivity index (χ1v) is 13.5. The van der Waals surface area contributed by atoms with E-state index < -0.39 is 5.97 Å². The molecule has 9 heteroatoms. The summed E-state index contributed by atoms with van der Waals surface area (Å²) in [7, 11) is 0. The third-order valence-electron chi connectivity index (χ3n) is 7.28. The normalized spacial score (nSPS) is 16.6. The molecule has 2 atom stereocenters. The molecule has 0 radical (unpaired) electrons. The number of pyridine rings is 1. The number of hydrogen-bond donors (Lipinski definition) is 3. The molecule has 0 aliphatic carbocycles. The lowest BCUT2D eigenvalue weighted by molar-refractivity contribution is -0.116. The Hall–Kier alpha value is -4.50. The number of anilines is 1. The number of aryl methyl sites for hydroxylation is 2. The molecule has 4 aromatic rings. The van der Waals surface area contributed by atoms with Crippen molar-refractivity contribution < 1.29 is 14.7 Å². The first-order valence-electron chi connectivity index (χ1n) is 13.1. The fourth-order valence-corrected chi connectivity index (χ4v) is 5.71. The van der Waals surface area contributed by atoms with E-state index in [1.165, 1.54) is 0 Å². The minimum Gasteiger partial charge on any atom is -0.478 e. The third-order valence-corrected chi connectivity index (χ3v) is 7.63. The maximum Gasteiger partial charge on any atom is 0.337 e. The van der Waals surface area contributed by atoms with Crippen LogP contribution < -0.4 is 10.6 Å². The van der Waals surface area contributed by atoms with E-state index in [0.717, 1.165) is 33.9 Å². The van der Waals surface area contributed by atoms with E-state index in [4.69, 9.17) is 12.2 Å². The molecule has 40 heavy (non-hydrogen) atoms. The average Bonchev–Trinajstić information content (AvgIpc) is 3.43. The van der Waals surface area contributed by atoms with Gasteiger partial charge in [-0.05, 0) is 81.0 Å². The van der Waals surface area contributed by atoms with Gasteiger partial charge < -0.3 is 25.2 Å². The Labute approximate surface area is 238 Å². The molecular formula is C31H31N5O3S. The molecule has 1 amide bonds. The molecule has 5 rings (SSSR count). The maximum absolute atomic E-state index is 12.9. The topological polar surface area (TPSA) is 99.5 Å². The van der Waals surface area contributed by atoms with Gasteiger partial charge in [0, 0.05) is 36.2 Å². The standard InChI is InChI=1S/C31H31N5O3S/c1-19-11-13-22(14-12-19)33-27(37)15-17-35-29(28(34-31(35)40)25-9-6-7-16-32-25)24-18-20(2)36(21(24)3)26-10-5-4-8-23(26)30(38)39/h4-14,16,18,28-29H,15,17H2,1-3H3,(H,33,37)(H,34,40)(H,38,39)/t28-,29-/m1/s1. The van der Waals surface area contributed by atoms with Crippen molar-refractivity contribution in [3.05, 3.63) is 113 Å². The smallest absolute Gasteiger partial charge is 0.337 e. The summed E-state index contributed by atoms with van der Waals surface area (Å²) in [5, 5.41) is 16.8. The van der Waals surface area contributed by atoms with Gasteiger partial charge in [0.25, 0.3) is 0 Å². The fraction of sp³-hybridized carbons (Fsp3) is 0.226. The molecule has 3 N–H and O–H groups in total. The Morgan fingerprint density at radius 1 is 1.02 bits per heavy atom. The van der Waals surface area contributed by atoms with Gasteiger partial charge in [-0.2, -0.15) is 0 Å². The molecule has 0 bridgehead atoms. The van der Waals surface area contributed by atoms with Gasteiger partial charge >= 0.3 is 5.97 Å². The average molecular weight is 554 g/mol. The minimum absolute atomic E-state index is 0.104. The number of amides is 1. The SMILES string of the molecule is Cc1ccc(NC(=O)CCN2C(=S)N[C@H](c3ccccn3)[C@H]2c2cc(C)n(-c3ccccc3C(=O)O)c2C)cc1. The van der Waals surface area contributed by atoms with Crippen molar-refractivity contribution in [2.24, 2.45) is 0 Å². The zero-order chi connectivity index (χ0) is 28.4. The lowest BCUT2D eigenvalue weighted by Gasteiger charge is -2.28.